The highest BCUT2D eigenvalue weighted by Gasteiger charge is 2.26. The second-order valence-electron chi connectivity index (χ2n) is 6.43. The fourth-order valence-electron chi connectivity index (χ4n) is 2.38. The third-order valence-corrected chi connectivity index (χ3v) is 3.40. The average Bonchev–Trinajstić information content (AvgIpc) is 2.45. The van der Waals surface area contributed by atoms with Crippen LogP contribution in [0, 0.1) is 0 Å². The van der Waals surface area contributed by atoms with Crippen LogP contribution in [0.3, 0.4) is 0 Å². The van der Waals surface area contributed by atoms with Gasteiger partial charge in [-0.15, -0.1) is 0 Å². The Morgan fingerprint density at radius 2 is 1.82 bits per heavy atom. The third-order valence-electron chi connectivity index (χ3n) is 3.40. The van der Waals surface area contributed by atoms with E-state index >= 15 is 0 Å². The van der Waals surface area contributed by atoms with Crippen LogP contribution in [-0.2, 0) is 4.74 Å². The predicted molar refractivity (Wildman–Crippen MR) is 86.3 cm³/mol. The van der Waals surface area contributed by atoms with Gasteiger partial charge in [0.2, 0.25) is 0 Å². The summed E-state index contributed by atoms with van der Waals surface area (Å²) in [5, 5.41) is 0. The summed E-state index contributed by atoms with van der Waals surface area (Å²) in [6.07, 6.45) is 0.505. The average molecular weight is 305 g/mol. The highest BCUT2D eigenvalue weighted by molar-refractivity contribution is 5.80. The van der Waals surface area contributed by atoms with E-state index in [0.29, 0.717) is 37.4 Å². The molecule has 6 nitrogen and oxygen atoms in total. The van der Waals surface area contributed by atoms with Crippen molar-refractivity contribution in [2.75, 3.05) is 36.8 Å². The number of nitrogens with zero attached hydrogens (tertiary/aromatic N) is 2. The number of benzene rings is 1. The molecule has 1 heterocycles. The van der Waals surface area contributed by atoms with Gasteiger partial charge in [-0.2, -0.15) is 0 Å². The van der Waals surface area contributed by atoms with E-state index in [-0.39, 0.29) is 6.09 Å². The Hall–Kier alpha value is -2.24. The van der Waals surface area contributed by atoms with Crippen LogP contribution in [0.15, 0.2) is 18.2 Å². The van der Waals surface area contributed by atoms with E-state index in [1.807, 2.05) is 32.9 Å². The first-order valence-electron chi connectivity index (χ1n) is 7.37. The predicted octanol–water partition coefficient (Wildman–Crippen LogP) is 2.14. The number of piperazine rings is 1. The molecule has 1 saturated heterocycles. The zero-order chi connectivity index (χ0) is 16.3. The van der Waals surface area contributed by atoms with Gasteiger partial charge in [-0.1, -0.05) is 0 Å². The minimum atomic E-state index is -0.485. The molecule has 1 aromatic carbocycles. The molecule has 0 aliphatic carbocycles. The SMILES string of the molecule is CC(C)(C)OC(=O)N1CCN(c2cc(N)cc(C=O)c2)CC1. The highest BCUT2D eigenvalue weighted by atomic mass is 16.6. The lowest BCUT2D eigenvalue weighted by Gasteiger charge is -2.36. The molecule has 0 spiro atoms. The first-order chi connectivity index (χ1) is 10.3. The van der Waals surface area contributed by atoms with Crippen LogP contribution < -0.4 is 10.6 Å². The maximum Gasteiger partial charge on any atom is 0.410 e. The van der Waals surface area contributed by atoms with Gasteiger partial charge in [-0.3, -0.25) is 4.79 Å². The molecule has 1 aromatic rings. The lowest BCUT2D eigenvalue weighted by atomic mass is 10.1. The summed E-state index contributed by atoms with van der Waals surface area (Å²) in [5.74, 6) is 0. The molecule has 2 rings (SSSR count). The Bertz CT molecular complexity index is 558. The van der Waals surface area contributed by atoms with E-state index < -0.39 is 5.60 Å². The first-order valence-corrected chi connectivity index (χ1v) is 7.37. The lowest BCUT2D eigenvalue weighted by molar-refractivity contribution is 0.0240. The quantitative estimate of drug-likeness (QED) is 0.669. The number of anilines is 2. The minimum Gasteiger partial charge on any atom is -0.444 e. The number of rotatable bonds is 2. The molecule has 120 valence electrons. The van der Waals surface area contributed by atoms with Gasteiger partial charge in [0.15, 0.2) is 0 Å². The Kier molecular flexibility index (Phi) is 4.59. The Labute approximate surface area is 130 Å². The minimum absolute atomic E-state index is 0.284. The molecule has 0 atom stereocenters. The highest BCUT2D eigenvalue weighted by Crippen LogP contribution is 2.22. The summed E-state index contributed by atoms with van der Waals surface area (Å²) in [6, 6.07) is 5.30. The summed E-state index contributed by atoms with van der Waals surface area (Å²) >= 11 is 0. The van der Waals surface area contributed by atoms with Crippen LogP contribution in [-0.4, -0.2) is 49.1 Å². The summed E-state index contributed by atoms with van der Waals surface area (Å²) in [6.45, 7) is 8.10. The van der Waals surface area contributed by atoms with Crippen LogP contribution in [0.25, 0.3) is 0 Å². The van der Waals surface area contributed by atoms with Gasteiger partial charge in [0.05, 0.1) is 0 Å². The van der Waals surface area contributed by atoms with Crippen molar-refractivity contribution in [1.29, 1.82) is 0 Å². The summed E-state index contributed by atoms with van der Waals surface area (Å²) in [7, 11) is 0. The molecule has 1 amide bonds. The van der Waals surface area contributed by atoms with Crippen molar-refractivity contribution in [2.45, 2.75) is 26.4 Å². The fraction of sp³-hybridized carbons (Fsp3) is 0.500. The van der Waals surface area contributed by atoms with E-state index in [4.69, 9.17) is 10.5 Å². The number of aldehydes is 1. The normalized spacial score (nSPS) is 15.6. The molecule has 1 aliphatic heterocycles. The lowest BCUT2D eigenvalue weighted by Crippen LogP contribution is -2.50. The first kappa shape index (κ1) is 16.1. The van der Waals surface area contributed by atoms with E-state index in [1.54, 1.807) is 11.0 Å². The monoisotopic (exact) mass is 305 g/mol. The van der Waals surface area contributed by atoms with Crippen LogP contribution in [0.5, 0.6) is 0 Å². The Morgan fingerprint density at radius 3 is 2.36 bits per heavy atom. The van der Waals surface area contributed by atoms with Gasteiger partial charge in [0.25, 0.3) is 0 Å². The molecule has 2 N–H and O–H groups in total. The van der Waals surface area contributed by atoms with Gasteiger partial charge in [-0.25, -0.2) is 4.79 Å². The molecule has 0 radical (unpaired) electrons. The number of nitrogens with two attached hydrogens (primary N) is 1. The van der Waals surface area contributed by atoms with Crippen LogP contribution in [0.1, 0.15) is 31.1 Å². The number of ether oxygens (including phenoxy) is 1. The third kappa shape index (κ3) is 4.13. The molecule has 1 aliphatic rings. The molecule has 22 heavy (non-hydrogen) atoms. The van der Waals surface area contributed by atoms with Crippen molar-refractivity contribution in [3.05, 3.63) is 23.8 Å². The molecule has 1 fully saturated rings. The summed E-state index contributed by atoms with van der Waals surface area (Å²) in [5.41, 5.74) is 7.36. The second-order valence-corrected chi connectivity index (χ2v) is 6.43. The molecule has 6 heteroatoms. The smallest absolute Gasteiger partial charge is 0.410 e. The van der Waals surface area contributed by atoms with Gasteiger partial charge in [-0.05, 0) is 39.0 Å². The fourth-order valence-corrected chi connectivity index (χ4v) is 2.38. The van der Waals surface area contributed by atoms with Crippen molar-refractivity contribution >= 4 is 23.8 Å². The van der Waals surface area contributed by atoms with E-state index in [1.165, 1.54) is 0 Å². The summed E-state index contributed by atoms with van der Waals surface area (Å²) in [4.78, 5) is 26.8. The molecular weight excluding hydrogens is 282 g/mol. The Balaban J connectivity index is 1.99. The number of carbonyl (C=O) groups excluding carboxylic acids is 2. The molecule has 0 unspecified atom stereocenters. The van der Waals surface area contributed by atoms with Crippen molar-refractivity contribution in [1.82, 2.24) is 4.90 Å². The van der Waals surface area contributed by atoms with Crippen LogP contribution >= 0.6 is 0 Å². The molecule has 0 bridgehead atoms. The van der Waals surface area contributed by atoms with Gasteiger partial charge >= 0.3 is 6.09 Å². The number of amides is 1. The standard InChI is InChI=1S/C16H23N3O3/c1-16(2,3)22-15(21)19-6-4-18(5-7-19)14-9-12(11-20)8-13(17)10-14/h8-11H,4-7,17H2,1-3H3. The zero-order valence-electron chi connectivity index (χ0n) is 13.3. The topological polar surface area (TPSA) is 75.9 Å². The molecule has 0 aromatic heterocycles. The molecular formula is C16H23N3O3. The van der Waals surface area contributed by atoms with Crippen LogP contribution in [0.4, 0.5) is 16.2 Å². The zero-order valence-corrected chi connectivity index (χ0v) is 13.3. The summed E-state index contributed by atoms with van der Waals surface area (Å²) < 4.78 is 5.38. The maximum absolute atomic E-state index is 12.0. The van der Waals surface area contributed by atoms with Gasteiger partial charge < -0.3 is 20.3 Å². The molecule has 0 saturated carbocycles. The van der Waals surface area contributed by atoms with E-state index in [0.717, 1.165) is 12.0 Å². The van der Waals surface area contributed by atoms with Crippen molar-refractivity contribution < 1.29 is 14.3 Å². The van der Waals surface area contributed by atoms with Crippen molar-refractivity contribution in [2.24, 2.45) is 0 Å². The van der Waals surface area contributed by atoms with E-state index in [9.17, 15) is 9.59 Å². The number of hydrogen-bond donors (Lipinski definition) is 1. The number of carbonyl (C=O) groups is 2. The Morgan fingerprint density at radius 1 is 1.18 bits per heavy atom. The van der Waals surface area contributed by atoms with Crippen LogP contribution in [0.2, 0.25) is 0 Å². The second kappa shape index (κ2) is 6.25. The van der Waals surface area contributed by atoms with Gasteiger partial charge in [0, 0.05) is 43.1 Å². The van der Waals surface area contributed by atoms with Gasteiger partial charge in [0.1, 0.15) is 11.9 Å². The maximum atomic E-state index is 12.0. The number of hydrogen-bond acceptors (Lipinski definition) is 5. The van der Waals surface area contributed by atoms with Crippen molar-refractivity contribution in [3.63, 3.8) is 0 Å². The largest absolute Gasteiger partial charge is 0.444 e. The number of nitrogen functional groups attached to an aromatic ring is 1. The van der Waals surface area contributed by atoms with E-state index in [2.05, 4.69) is 4.90 Å². The van der Waals surface area contributed by atoms with Crippen molar-refractivity contribution in [3.8, 4) is 0 Å².